The van der Waals surface area contributed by atoms with Crippen molar-refractivity contribution in [3.63, 3.8) is 0 Å². The molecule has 0 bridgehead atoms. The van der Waals surface area contributed by atoms with E-state index in [1.165, 1.54) is 12.1 Å². The fourth-order valence-corrected chi connectivity index (χ4v) is 2.12. The SMILES string of the molecule is [CH]Cc1cc2ccccc2c(-c2[c-]cc(F)cc2)n1.[Ir]. The zero-order chi connectivity index (χ0) is 13.2. The van der Waals surface area contributed by atoms with Gasteiger partial charge in [-0.1, -0.05) is 24.3 Å². The van der Waals surface area contributed by atoms with Crippen LogP contribution in [0.3, 0.4) is 0 Å². The fraction of sp³-hybridized carbons (Fsp3) is 0.0588. The largest absolute Gasteiger partial charge is 0.301 e. The predicted molar refractivity (Wildman–Crippen MR) is 74.0 cm³/mol. The van der Waals surface area contributed by atoms with Crippen LogP contribution in [0, 0.1) is 18.8 Å². The normalized spacial score (nSPS) is 10.3. The summed E-state index contributed by atoms with van der Waals surface area (Å²) >= 11 is 0. The maximum atomic E-state index is 13.0. The molecular formula is C17H11FIrN-. The molecule has 3 heteroatoms. The van der Waals surface area contributed by atoms with Crippen LogP contribution in [0.15, 0.2) is 48.5 Å². The molecule has 0 saturated carbocycles. The first-order valence-corrected chi connectivity index (χ1v) is 6.04. The first kappa shape index (κ1) is 14.8. The summed E-state index contributed by atoms with van der Waals surface area (Å²) in [5.74, 6) is -0.303. The van der Waals surface area contributed by atoms with Crippen molar-refractivity contribution in [3.8, 4) is 11.3 Å². The van der Waals surface area contributed by atoms with Crippen LogP contribution in [0.4, 0.5) is 4.39 Å². The number of hydrogen-bond donors (Lipinski definition) is 0. The molecule has 2 aromatic carbocycles. The molecule has 3 radical (unpaired) electrons. The van der Waals surface area contributed by atoms with Crippen LogP contribution in [-0.4, -0.2) is 4.98 Å². The standard InChI is InChI=1S/C17H11FN.Ir/c1-2-15-11-13-5-3-4-6-16(13)17(19-15)12-7-9-14(18)10-8-12;/h1,3-7,9-11H,2H2;/q-1;. The number of benzene rings is 2. The van der Waals surface area contributed by atoms with Crippen molar-refractivity contribution in [2.45, 2.75) is 6.42 Å². The monoisotopic (exact) mass is 441 g/mol. The van der Waals surface area contributed by atoms with Crippen molar-refractivity contribution in [1.29, 1.82) is 0 Å². The van der Waals surface area contributed by atoms with Crippen LogP contribution in [0.5, 0.6) is 0 Å². The van der Waals surface area contributed by atoms with E-state index in [1.54, 1.807) is 6.07 Å². The second-order valence-corrected chi connectivity index (χ2v) is 4.31. The number of rotatable bonds is 2. The van der Waals surface area contributed by atoms with E-state index in [9.17, 15) is 4.39 Å². The second kappa shape index (κ2) is 6.25. The zero-order valence-corrected chi connectivity index (χ0v) is 13.0. The fourth-order valence-electron chi connectivity index (χ4n) is 2.12. The Balaban J connectivity index is 0.00000147. The molecule has 0 aliphatic rings. The molecule has 1 heterocycles. The van der Waals surface area contributed by atoms with Crippen molar-refractivity contribution >= 4 is 10.8 Å². The summed E-state index contributed by atoms with van der Waals surface area (Å²) in [5.41, 5.74) is 2.37. The molecule has 0 spiro atoms. The van der Waals surface area contributed by atoms with Gasteiger partial charge in [0.15, 0.2) is 0 Å². The number of nitrogens with zero attached hydrogens (tertiary/aromatic N) is 1. The van der Waals surface area contributed by atoms with Gasteiger partial charge in [-0.2, -0.15) is 0 Å². The third-order valence-electron chi connectivity index (χ3n) is 3.03. The van der Waals surface area contributed by atoms with Crippen molar-refractivity contribution in [2.24, 2.45) is 0 Å². The van der Waals surface area contributed by atoms with Gasteiger partial charge in [-0.15, -0.1) is 29.8 Å². The number of aromatic nitrogens is 1. The second-order valence-electron chi connectivity index (χ2n) is 4.31. The summed E-state index contributed by atoms with van der Waals surface area (Å²) in [5, 5.41) is 2.09. The van der Waals surface area contributed by atoms with Gasteiger partial charge in [0.25, 0.3) is 0 Å². The van der Waals surface area contributed by atoms with E-state index in [4.69, 9.17) is 6.92 Å². The molecular weight excluding hydrogens is 429 g/mol. The first-order valence-electron chi connectivity index (χ1n) is 6.04. The van der Waals surface area contributed by atoms with Gasteiger partial charge in [0.05, 0.1) is 0 Å². The van der Waals surface area contributed by atoms with E-state index < -0.39 is 0 Å². The molecule has 101 valence electrons. The molecule has 0 N–H and O–H groups in total. The van der Waals surface area contributed by atoms with Crippen LogP contribution < -0.4 is 0 Å². The van der Waals surface area contributed by atoms with Crippen LogP contribution in [0.25, 0.3) is 22.0 Å². The smallest absolute Gasteiger partial charge is 0.0379 e. The molecule has 1 aromatic heterocycles. The molecule has 3 aromatic rings. The Morgan fingerprint density at radius 3 is 2.65 bits per heavy atom. The third kappa shape index (κ3) is 2.79. The van der Waals surface area contributed by atoms with Crippen LogP contribution in [0.1, 0.15) is 5.69 Å². The Morgan fingerprint density at radius 1 is 1.15 bits per heavy atom. The number of pyridine rings is 1. The Morgan fingerprint density at radius 2 is 1.95 bits per heavy atom. The van der Waals surface area contributed by atoms with Gasteiger partial charge in [0, 0.05) is 31.6 Å². The summed E-state index contributed by atoms with van der Waals surface area (Å²) in [6.07, 6.45) is 0.374. The first-order chi connectivity index (χ1) is 9.28. The van der Waals surface area contributed by atoms with E-state index in [2.05, 4.69) is 11.1 Å². The zero-order valence-electron chi connectivity index (χ0n) is 10.6. The molecule has 0 aliphatic heterocycles. The summed E-state index contributed by atoms with van der Waals surface area (Å²) in [6, 6.07) is 17.3. The summed E-state index contributed by atoms with van der Waals surface area (Å²) in [4.78, 5) is 4.54. The van der Waals surface area contributed by atoms with Gasteiger partial charge in [0.1, 0.15) is 0 Å². The van der Waals surface area contributed by atoms with Gasteiger partial charge < -0.3 is 4.98 Å². The van der Waals surface area contributed by atoms with Crippen molar-refractivity contribution in [2.75, 3.05) is 0 Å². The van der Waals surface area contributed by atoms with Gasteiger partial charge in [0.2, 0.25) is 0 Å². The Hall–Kier alpha value is -1.57. The Bertz CT molecular complexity index is 723. The van der Waals surface area contributed by atoms with Crippen LogP contribution in [0.2, 0.25) is 0 Å². The van der Waals surface area contributed by atoms with Crippen molar-refractivity contribution in [1.82, 2.24) is 4.98 Å². The molecule has 3 rings (SSSR count). The van der Waals surface area contributed by atoms with Crippen LogP contribution >= 0.6 is 0 Å². The van der Waals surface area contributed by atoms with Crippen LogP contribution in [-0.2, 0) is 26.5 Å². The van der Waals surface area contributed by atoms with Gasteiger partial charge in [-0.25, -0.2) is 0 Å². The number of fused-ring (bicyclic) bond motifs is 1. The van der Waals surface area contributed by atoms with Crippen molar-refractivity contribution in [3.05, 3.63) is 73.0 Å². The third-order valence-corrected chi connectivity index (χ3v) is 3.03. The summed E-state index contributed by atoms with van der Waals surface area (Å²) in [6.45, 7) is 5.68. The maximum Gasteiger partial charge on any atom is 0.0379 e. The molecule has 0 unspecified atom stereocenters. The van der Waals surface area contributed by atoms with Gasteiger partial charge >= 0.3 is 0 Å². The molecule has 20 heavy (non-hydrogen) atoms. The predicted octanol–water partition coefficient (Wildman–Crippen LogP) is 4.09. The molecule has 0 fully saturated rings. The topological polar surface area (TPSA) is 12.9 Å². The minimum Gasteiger partial charge on any atom is -0.301 e. The molecule has 0 aliphatic carbocycles. The van der Waals surface area contributed by atoms with E-state index in [-0.39, 0.29) is 25.9 Å². The van der Waals surface area contributed by atoms with E-state index in [0.717, 1.165) is 27.7 Å². The van der Waals surface area contributed by atoms with E-state index >= 15 is 0 Å². The quantitative estimate of drug-likeness (QED) is 0.547. The van der Waals surface area contributed by atoms with E-state index in [1.807, 2.05) is 30.3 Å². The molecule has 0 atom stereocenters. The maximum absolute atomic E-state index is 13.0. The number of halogens is 1. The average molecular weight is 440 g/mol. The molecule has 1 nitrogen and oxygen atoms in total. The van der Waals surface area contributed by atoms with Crippen molar-refractivity contribution < 1.29 is 24.5 Å². The number of hydrogen-bond acceptors (Lipinski definition) is 1. The van der Waals surface area contributed by atoms with Gasteiger partial charge in [-0.05, 0) is 35.9 Å². The summed E-state index contributed by atoms with van der Waals surface area (Å²) < 4.78 is 13.0. The summed E-state index contributed by atoms with van der Waals surface area (Å²) in [7, 11) is 0. The van der Waals surface area contributed by atoms with E-state index in [0.29, 0.717) is 6.42 Å². The Kier molecular flexibility index (Phi) is 4.64. The minimum atomic E-state index is -0.303. The van der Waals surface area contributed by atoms with Gasteiger partial charge in [-0.3, -0.25) is 4.39 Å². The Labute approximate surface area is 131 Å². The minimum absolute atomic E-state index is 0. The molecule has 0 saturated heterocycles. The average Bonchev–Trinajstić information content (AvgIpc) is 2.47. The molecule has 0 amide bonds.